The van der Waals surface area contributed by atoms with E-state index in [9.17, 15) is 9.59 Å². The second-order valence-corrected chi connectivity index (χ2v) is 3.63. The van der Waals surface area contributed by atoms with Crippen LogP contribution in [0.3, 0.4) is 0 Å². The number of nitrogens with zero attached hydrogens (tertiary/aromatic N) is 1. The van der Waals surface area contributed by atoms with Crippen LogP contribution in [-0.4, -0.2) is 36.1 Å². The minimum atomic E-state index is -0.356. The van der Waals surface area contributed by atoms with Crippen molar-refractivity contribution in [1.82, 2.24) is 10.2 Å². The van der Waals surface area contributed by atoms with Gasteiger partial charge in [0, 0.05) is 12.2 Å². The van der Waals surface area contributed by atoms with E-state index in [2.05, 4.69) is 5.32 Å². The lowest BCUT2D eigenvalue weighted by Crippen LogP contribution is -2.50. The molecule has 0 saturated carbocycles. The predicted octanol–water partition coefficient (Wildman–Crippen LogP) is 1.26. The maximum atomic E-state index is 11.7. The summed E-state index contributed by atoms with van der Waals surface area (Å²) in [5.41, 5.74) is 1.21. The van der Waals surface area contributed by atoms with Crippen molar-refractivity contribution in [3.8, 4) is 0 Å². The Labute approximate surface area is 95.4 Å². The molecule has 0 aromatic carbocycles. The molecule has 5 heteroatoms. The number of hydrogen-bond donors (Lipinski definition) is 1. The molecule has 0 unspecified atom stereocenters. The van der Waals surface area contributed by atoms with Gasteiger partial charge in [0.05, 0.1) is 18.2 Å². The SMILES string of the molecule is CCOC(=O)C1=C(C)N(CC)C(=O)N[C@@H]1C. The summed E-state index contributed by atoms with van der Waals surface area (Å²) in [7, 11) is 0. The molecule has 1 aliphatic heterocycles. The Bertz CT molecular complexity index is 336. The molecule has 0 saturated heterocycles. The van der Waals surface area contributed by atoms with Crippen LogP contribution in [0.4, 0.5) is 4.79 Å². The Hall–Kier alpha value is -1.52. The van der Waals surface area contributed by atoms with E-state index < -0.39 is 0 Å². The molecule has 1 atom stereocenters. The van der Waals surface area contributed by atoms with Crippen LogP contribution in [0, 0.1) is 0 Å². The van der Waals surface area contributed by atoms with E-state index >= 15 is 0 Å². The lowest BCUT2D eigenvalue weighted by Gasteiger charge is -2.32. The van der Waals surface area contributed by atoms with Gasteiger partial charge in [0.15, 0.2) is 0 Å². The third-order valence-corrected chi connectivity index (χ3v) is 2.62. The van der Waals surface area contributed by atoms with E-state index in [1.54, 1.807) is 20.8 Å². The zero-order valence-corrected chi connectivity index (χ0v) is 10.2. The quantitative estimate of drug-likeness (QED) is 0.737. The van der Waals surface area contributed by atoms with Crippen molar-refractivity contribution in [2.75, 3.05) is 13.2 Å². The number of nitrogens with one attached hydrogen (secondary N) is 1. The standard InChI is InChI=1S/C11H18N2O3/c1-5-13-8(4)9(10(14)16-6-2)7(3)12-11(13)15/h7H,5-6H2,1-4H3,(H,12,15)/t7-/m1/s1. The van der Waals surface area contributed by atoms with Crippen molar-refractivity contribution in [1.29, 1.82) is 0 Å². The fourth-order valence-corrected chi connectivity index (χ4v) is 1.86. The molecule has 0 fully saturated rings. The Balaban J connectivity index is 3.06. The van der Waals surface area contributed by atoms with Crippen molar-refractivity contribution < 1.29 is 14.3 Å². The molecule has 2 amide bonds. The number of hydrogen-bond acceptors (Lipinski definition) is 3. The van der Waals surface area contributed by atoms with Crippen LogP contribution >= 0.6 is 0 Å². The minimum absolute atomic E-state index is 0.166. The molecule has 0 spiro atoms. The summed E-state index contributed by atoms with van der Waals surface area (Å²) in [6.45, 7) is 8.04. The summed E-state index contributed by atoms with van der Waals surface area (Å²) in [6.07, 6.45) is 0. The van der Waals surface area contributed by atoms with Gasteiger partial charge < -0.3 is 10.1 Å². The fourth-order valence-electron chi connectivity index (χ4n) is 1.86. The van der Waals surface area contributed by atoms with Gasteiger partial charge in [-0.2, -0.15) is 0 Å². The van der Waals surface area contributed by atoms with Gasteiger partial charge in [-0.15, -0.1) is 0 Å². The normalized spacial score (nSPS) is 20.9. The predicted molar refractivity (Wildman–Crippen MR) is 59.7 cm³/mol. The van der Waals surface area contributed by atoms with E-state index in [1.807, 2.05) is 6.92 Å². The van der Waals surface area contributed by atoms with Crippen molar-refractivity contribution in [3.63, 3.8) is 0 Å². The third kappa shape index (κ3) is 2.18. The number of rotatable bonds is 3. The number of amides is 2. The van der Waals surface area contributed by atoms with E-state index in [4.69, 9.17) is 4.74 Å². The highest BCUT2D eigenvalue weighted by molar-refractivity contribution is 5.94. The maximum absolute atomic E-state index is 11.7. The topological polar surface area (TPSA) is 58.6 Å². The molecule has 0 aromatic rings. The monoisotopic (exact) mass is 226 g/mol. The van der Waals surface area contributed by atoms with Crippen LogP contribution < -0.4 is 5.32 Å². The minimum Gasteiger partial charge on any atom is -0.463 e. The average Bonchev–Trinajstić information content (AvgIpc) is 2.17. The summed E-state index contributed by atoms with van der Waals surface area (Å²) in [5.74, 6) is -0.356. The molecular weight excluding hydrogens is 208 g/mol. The molecule has 1 aliphatic rings. The molecular formula is C11H18N2O3. The van der Waals surface area contributed by atoms with Crippen LogP contribution in [0.5, 0.6) is 0 Å². The van der Waals surface area contributed by atoms with E-state index in [1.165, 1.54) is 4.90 Å². The van der Waals surface area contributed by atoms with Crippen LogP contribution in [-0.2, 0) is 9.53 Å². The van der Waals surface area contributed by atoms with Crippen LogP contribution in [0.15, 0.2) is 11.3 Å². The molecule has 0 aliphatic carbocycles. The van der Waals surface area contributed by atoms with Crippen molar-refractivity contribution in [3.05, 3.63) is 11.3 Å². The maximum Gasteiger partial charge on any atom is 0.337 e. The highest BCUT2D eigenvalue weighted by atomic mass is 16.5. The first kappa shape index (κ1) is 12.5. The second kappa shape index (κ2) is 5.01. The van der Waals surface area contributed by atoms with Gasteiger partial charge in [-0.05, 0) is 27.7 Å². The third-order valence-electron chi connectivity index (χ3n) is 2.62. The van der Waals surface area contributed by atoms with Gasteiger partial charge in [0.25, 0.3) is 0 Å². The number of ether oxygens (including phenoxy) is 1. The van der Waals surface area contributed by atoms with Gasteiger partial charge in [0.2, 0.25) is 0 Å². The summed E-state index contributed by atoms with van der Waals surface area (Å²) in [6, 6.07) is -0.463. The van der Waals surface area contributed by atoms with Crippen LogP contribution in [0.25, 0.3) is 0 Å². The summed E-state index contributed by atoms with van der Waals surface area (Å²) in [4.78, 5) is 24.9. The fraction of sp³-hybridized carbons (Fsp3) is 0.636. The van der Waals surface area contributed by atoms with Gasteiger partial charge in [0.1, 0.15) is 0 Å². The number of urea groups is 1. The zero-order chi connectivity index (χ0) is 12.3. The van der Waals surface area contributed by atoms with Crippen LogP contribution in [0.1, 0.15) is 27.7 Å². The summed E-state index contributed by atoms with van der Waals surface area (Å²) >= 11 is 0. The lowest BCUT2D eigenvalue weighted by molar-refractivity contribution is -0.139. The molecule has 0 aromatic heterocycles. The number of carbonyl (C=O) groups excluding carboxylic acids is 2. The Kier molecular flexibility index (Phi) is 3.93. The number of carbonyl (C=O) groups is 2. The highest BCUT2D eigenvalue weighted by Crippen LogP contribution is 2.20. The average molecular weight is 226 g/mol. The molecule has 1 rings (SSSR count). The first-order valence-corrected chi connectivity index (χ1v) is 5.48. The van der Waals surface area contributed by atoms with Crippen molar-refractivity contribution in [2.45, 2.75) is 33.7 Å². The number of esters is 1. The van der Waals surface area contributed by atoms with Crippen molar-refractivity contribution >= 4 is 12.0 Å². The molecule has 5 nitrogen and oxygen atoms in total. The second-order valence-electron chi connectivity index (χ2n) is 3.63. The zero-order valence-electron chi connectivity index (χ0n) is 10.2. The van der Waals surface area contributed by atoms with Gasteiger partial charge in [-0.25, -0.2) is 9.59 Å². The molecule has 90 valence electrons. The van der Waals surface area contributed by atoms with E-state index in [0.29, 0.717) is 24.4 Å². The van der Waals surface area contributed by atoms with Crippen molar-refractivity contribution in [2.24, 2.45) is 0 Å². The first-order chi connectivity index (χ1) is 7.52. The smallest absolute Gasteiger partial charge is 0.337 e. The van der Waals surface area contributed by atoms with Gasteiger partial charge >= 0.3 is 12.0 Å². The number of allylic oxidation sites excluding steroid dienone is 1. The molecule has 1 N–H and O–H groups in total. The van der Waals surface area contributed by atoms with Gasteiger partial charge in [-0.3, -0.25) is 4.90 Å². The van der Waals surface area contributed by atoms with Gasteiger partial charge in [-0.1, -0.05) is 0 Å². The highest BCUT2D eigenvalue weighted by Gasteiger charge is 2.31. The largest absolute Gasteiger partial charge is 0.463 e. The summed E-state index contributed by atoms with van der Waals surface area (Å²) < 4.78 is 4.98. The molecule has 1 heterocycles. The molecule has 0 radical (unpaired) electrons. The van der Waals surface area contributed by atoms with E-state index in [-0.39, 0.29) is 18.0 Å². The molecule has 0 bridgehead atoms. The summed E-state index contributed by atoms with van der Waals surface area (Å²) in [5, 5.41) is 2.73. The molecule has 16 heavy (non-hydrogen) atoms. The first-order valence-electron chi connectivity index (χ1n) is 5.48. The van der Waals surface area contributed by atoms with E-state index in [0.717, 1.165) is 0 Å². The Morgan fingerprint density at radius 3 is 2.62 bits per heavy atom. The lowest BCUT2D eigenvalue weighted by atomic mass is 10.0. The Morgan fingerprint density at radius 2 is 2.12 bits per heavy atom. The Morgan fingerprint density at radius 1 is 1.50 bits per heavy atom. The van der Waals surface area contributed by atoms with Crippen LogP contribution in [0.2, 0.25) is 0 Å².